The Balaban J connectivity index is 0.00000259. The van der Waals surface area contributed by atoms with Gasteiger partial charge in [-0.2, -0.15) is 5.10 Å². The van der Waals surface area contributed by atoms with Gasteiger partial charge in [-0.05, 0) is 31.9 Å². The van der Waals surface area contributed by atoms with E-state index in [0.29, 0.717) is 0 Å². The van der Waals surface area contributed by atoms with E-state index >= 15 is 0 Å². The minimum Gasteiger partial charge on any atom is -0.393 e. The molecule has 4 heterocycles. The lowest BCUT2D eigenvalue weighted by molar-refractivity contribution is 0.145. The molecule has 0 saturated carbocycles. The van der Waals surface area contributed by atoms with Crippen LogP contribution in [-0.2, 0) is 6.54 Å². The SMILES string of the molecule is Cc1c(CN2CCN(c3nccnc3N3CCC(O)CC3)CC2)cnn1-c1ccccc1.Cl. The Labute approximate surface area is 201 Å². The third kappa shape index (κ3) is 5.13. The number of benzene rings is 1. The zero-order chi connectivity index (χ0) is 21.9. The number of para-hydroxylation sites is 1. The van der Waals surface area contributed by atoms with Crippen LogP contribution in [0.25, 0.3) is 5.69 Å². The van der Waals surface area contributed by atoms with E-state index in [1.165, 1.54) is 11.3 Å². The van der Waals surface area contributed by atoms with Crippen LogP contribution in [0.4, 0.5) is 11.6 Å². The Morgan fingerprint density at radius 2 is 1.48 bits per heavy atom. The molecule has 0 unspecified atom stereocenters. The summed E-state index contributed by atoms with van der Waals surface area (Å²) in [5.74, 6) is 1.92. The van der Waals surface area contributed by atoms with Crippen LogP contribution in [0.2, 0.25) is 0 Å². The number of nitrogens with zero attached hydrogens (tertiary/aromatic N) is 7. The lowest BCUT2D eigenvalue weighted by Gasteiger charge is -2.38. The lowest BCUT2D eigenvalue weighted by atomic mass is 10.1. The third-order valence-electron chi connectivity index (χ3n) is 6.60. The Morgan fingerprint density at radius 1 is 0.879 bits per heavy atom. The molecule has 0 spiro atoms. The first kappa shape index (κ1) is 23.5. The highest BCUT2D eigenvalue weighted by molar-refractivity contribution is 5.85. The van der Waals surface area contributed by atoms with Gasteiger partial charge < -0.3 is 14.9 Å². The molecule has 0 bridgehead atoms. The highest BCUT2D eigenvalue weighted by Crippen LogP contribution is 2.28. The van der Waals surface area contributed by atoms with Gasteiger partial charge in [-0.15, -0.1) is 12.4 Å². The van der Waals surface area contributed by atoms with Gasteiger partial charge in [-0.1, -0.05) is 18.2 Å². The van der Waals surface area contributed by atoms with Crippen molar-refractivity contribution in [1.29, 1.82) is 0 Å². The largest absolute Gasteiger partial charge is 0.393 e. The van der Waals surface area contributed by atoms with Crippen LogP contribution in [0.5, 0.6) is 0 Å². The van der Waals surface area contributed by atoms with Crippen molar-refractivity contribution in [3.8, 4) is 5.69 Å². The smallest absolute Gasteiger partial charge is 0.172 e. The molecule has 0 radical (unpaired) electrons. The Hall–Kier alpha value is -2.68. The van der Waals surface area contributed by atoms with Crippen LogP contribution in [0.1, 0.15) is 24.1 Å². The standard InChI is InChI=1S/C24H31N7O.ClH/c1-19-20(17-27-31(19)21-5-3-2-4-6-21)18-28-13-15-30(16-14-28)24-23(25-9-10-26-24)29-11-7-22(32)8-12-29;/h2-6,9-10,17,22,32H,7-8,11-16,18H2,1H3;1H. The number of halogens is 1. The quantitative estimate of drug-likeness (QED) is 0.615. The molecule has 5 rings (SSSR count). The number of anilines is 2. The molecule has 176 valence electrons. The molecule has 0 amide bonds. The van der Waals surface area contributed by atoms with E-state index in [4.69, 9.17) is 0 Å². The average Bonchev–Trinajstić information content (AvgIpc) is 3.20. The maximum absolute atomic E-state index is 9.84. The fourth-order valence-corrected chi connectivity index (χ4v) is 4.63. The van der Waals surface area contributed by atoms with E-state index in [1.807, 2.05) is 29.1 Å². The highest BCUT2D eigenvalue weighted by atomic mass is 35.5. The first-order valence-corrected chi connectivity index (χ1v) is 11.5. The molecule has 2 aliphatic rings. The number of hydrogen-bond donors (Lipinski definition) is 1. The minimum absolute atomic E-state index is 0. The molecule has 0 atom stereocenters. The van der Waals surface area contributed by atoms with Crippen molar-refractivity contribution < 1.29 is 5.11 Å². The van der Waals surface area contributed by atoms with Gasteiger partial charge in [0.05, 0.1) is 18.0 Å². The van der Waals surface area contributed by atoms with Crippen molar-refractivity contribution in [2.75, 3.05) is 49.1 Å². The summed E-state index contributed by atoms with van der Waals surface area (Å²) in [6, 6.07) is 10.3. The van der Waals surface area contributed by atoms with Crippen molar-refractivity contribution in [3.63, 3.8) is 0 Å². The van der Waals surface area contributed by atoms with Crippen LogP contribution < -0.4 is 9.80 Å². The van der Waals surface area contributed by atoms with Crippen LogP contribution in [0.15, 0.2) is 48.9 Å². The number of aliphatic hydroxyl groups is 1. The van der Waals surface area contributed by atoms with Gasteiger partial charge in [0.25, 0.3) is 0 Å². The van der Waals surface area contributed by atoms with E-state index < -0.39 is 0 Å². The van der Waals surface area contributed by atoms with Gasteiger partial charge in [0.2, 0.25) is 0 Å². The Bertz CT molecular complexity index is 1030. The average molecular weight is 470 g/mol. The molecule has 2 aromatic heterocycles. The molecule has 8 nitrogen and oxygen atoms in total. The van der Waals surface area contributed by atoms with E-state index in [0.717, 1.165) is 76.0 Å². The molecule has 2 fully saturated rings. The minimum atomic E-state index is -0.190. The van der Waals surface area contributed by atoms with E-state index in [2.05, 4.69) is 48.8 Å². The summed E-state index contributed by atoms with van der Waals surface area (Å²) in [4.78, 5) is 16.4. The number of rotatable bonds is 5. The molecular weight excluding hydrogens is 438 g/mol. The van der Waals surface area contributed by atoms with Gasteiger partial charge in [-0.25, -0.2) is 14.6 Å². The van der Waals surface area contributed by atoms with E-state index in [1.54, 1.807) is 12.4 Å². The zero-order valence-electron chi connectivity index (χ0n) is 19.0. The molecule has 33 heavy (non-hydrogen) atoms. The summed E-state index contributed by atoms with van der Waals surface area (Å²) in [5.41, 5.74) is 3.57. The summed E-state index contributed by atoms with van der Waals surface area (Å²) >= 11 is 0. The van der Waals surface area contributed by atoms with Crippen LogP contribution in [0, 0.1) is 6.92 Å². The molecule has 3 aromatic rings. The van der Waals surface area contributed by atoms with Crippen LogP contribution >= 0.6 is 12.4 Å². The van der Waals surface area contributed by atoms with Crippen LogP contribution in [0.3, 0.4) is 0 Å². The van der Waals surface area contributed by atoms with Gasteiger partial charge >= 0.3 is 0 Å². The van der Waals surface area contributed by atoms with Gasteiger partial charge in [0.1, 0.15) is 0 Å². The molecule has 2 saturated heterocycles. The van der Waals surface area contributed by atoms with E-state index in [9.17, 15) is 5.11 Å². The summed E-state index contributed by atoms with van der Waals surface area (Å²) < 4.78 is 2.02. The highest BCUT2D eigenvalue weighted by Gasteiger charge is 2.26. The number of piperidine rings is 1. The van der Waals surface area contributed by atoms with Gasteiger partial charge in [0.15, 0.2) is 11.6 Å². The van der Waals surface area contributed by atoms with E-state index in [-0.39, 0.29) is 18.5 Å². The molecule has 9 heteroatoms. The van der Waals surface area contributed by atoms with Gasteiger partial charge in [-0.3, -0.25) is 4.90 Å². The monoisotopic (exact) mass is 469 g/mol. The molecular formula is C24H32ClN7O. The zero-order valence-corrected chi connectivity index (χ0v) is 19.9. The van der Waals surface area contributed by atoms with Crippen molar-refractivity contribution in [3.05, 3.63) is 60.2 Å². The summed E-state index contributed by atoms with van der Waals surface area (Å²) in [5, 5.41) is 14.5. The Morgan fingerprint density at radius 3 is 2.12 bits per heavy atom. The second-order valence-corrected chi connectivity index (χ2v) is 8.69. The van der Waals surface area contributed by atoms with Gasteiger partial charge in [0, 0.05) is 69.5 Å². The normalized spacial score (nSPS) is 17.8. The first-order chi connectivity index (χ1) is 15.7. The predicted molar refractivity (Wildman–Crippen MR) is 133 cm³/mol. The maximum atomic E-state index is 9.84. The molecule has 1 N–H and O–H groups in total. The lowest BCUT2D eigenvalue weighted by Crippen LogP contribution is -2.47. The molecule has 2 aliphatic heterocycles. The second-order valence-electron chi connectivity index (χ2n) is 8.69. The maximum Gasteiger partial charge on any atom is 0.172 e. The number of hydrogen-bond acceptors (Lipinski definition) is 7. The van der Waals surface area contributed by atoms with Crippen LogP contribution in [-0.4, -0.2) is 75.1 Å². The summed E-state index contributed by atoms with van der Waals surface area (Å²) in [7, 11) is 0. The van der Waals surface area contributed by atoms with Crippen molar-refractivity contribution in [1.82, 2.24) is 24.6 Å². The topological polar surface area (TPSA) is 73.6 Å². The number of piperazine rings is 1. The molecule has 1 aromatic carbocycles. The second kappa shape index (κ2) is 10.5. The number of aromatic nitrogens is 4. The Kier molecular flexibility index (Phi) is 7.47. The first-order valence-electron chi connectivity index (χ1n) is 11.5. The third-order valence-corrected chi connectivity index (χ3v) is 6.60. The van der Waals surface area contributed by atoms with Crippen molar-refractivity contribution in [2.24, 2.45) is 0 Å². The fourth-order valence-electron chi connectivity index (χ4n) is 4.63. The fraction of sp³-hybridized carbons (Fsp3) is 0.458. The molecule has 0 aliphatic carbocycles. The summed E-state index contributed by atoms with van der Waals surface area (Å²) in [6.07, 6.45) is 6.95. The predicted octanol–water partition coefficient (Wildman–Crippen LogP) is 2.68. The van der Waals surface area contributed by atoms with Crippen molar-refractivity contribution >= 4 is 24.0 Å². The van der Waals surface area contributed by atoms with Crippen molar-refractivity contribution in [2.45, 2.75) is 32.4 Å². The summed E-state index contributed by atoms with van der Waals surface area (Å²) in [6.45, 7) is 8.52. The number of aliphatic hydroxyl groups excluding tert-OH is 1.